The van der Waals surface area contributed by atoms with Crippen LogP contribution in [0.2, 0.25) is 0 Å². The molecule has 0 aliphatic rings. The van der Waals surface area contributed by atoms with E-state index >= 15 is 0 Å². The number of likely N-dealkylation sites (N-methyl/N-ethyl adjacent to an activating group) is 1. The van der Waals surface area contributed by atoms with Gasteiger partial charge in [0.05, 0.1) is 6.61 Å². The molecular weight excluding hydrogens is 298 g/mol. The van der Waals surface area contributed by atoms with E-state index in [0.717, 1.165) is 10.0 Å². The second-order valence-corrected chi connectivity index (χ2v) is 5.28. The number of aryl methyl sites for hydroxylation is 1. The molecule has 0 bridgehead atoms. The lowest BCUT2D eigenvalue weighted by Gasteiger charge is -2.21. The second-order valence-electron chi connectivity index (χ2n) is 4.36. The third-order valence-electron chi connectivity index (χ3n) is 2.57. The summed E-state index contributed by atoms with van der Waals surface area (Å²) in [6, 6.07) is 3.68. The van der Waals surface area contributed by atoms with Crippen molar-refractivity contribution in [1.82, 2.24) is 4.90 Å². The number of nitrogens with zero attached hydrogens (tertiary/aromatic N) is 1. The van der Waals surface area contributed by atoms with Gasteiger partial charge in [0.15, 0.2) is 6.10 Å². The Kier molecular flexibility index (Phi) is 5.16. The van der Waals surface area contributed by atoms with E-state index in [4.69, 9.17) is 4.74 Å². The van der Waals surface area contributed by atoms with Crippen molar-refractivity contribution in [3.05, 3.63) is 27.7 Å². The molecule has 0 aliphatic carbocycles. The van der Waals surface area contributed by atoms with Crippen LogP contribution >= 0.6 is 15.9 Å². The highest BCUT2D eigenvalue weighted by Crippen LogP contribution is 2.29. The third-order valence-corrected chi connectivity index (χ3v) is 3.03. The van der Waals surface area contributed by atoms with Crippen LogP contribution in [0.1, 0.15) is 18.1 Å². The van der Waals surface area contributed by atoms with Gasteiger partial charge in [-0.2, -0.15) is 0 Å². The first kappa shape index (κ1) is 15.0. The third kappa shape index (κ3) is 3.46. The first-order chi connectivity index (χ1) is 8.36. The van der Waals surface area contributed by atoms with Crippen LogP contribution in [-0.2, 0) is 11.4 Å². The fourth-order valence-electron chi connectivity index (χ4n) is 1.68. The number of rotatable bonds is 4. The molecule has 0 aromatic heterocycles. The summed E-state index contributed by atoms with van der Waals surface area (Å²) in [7, 11) is 3.37. The summed E-state index contributed by atoms with van der Waals surface area (Å²) < 4.78 is 6.55. The van der Waals surface area contributed by atoms with Crippen LogP contribution < -0.4 is 4.74 Å². The maximum absolute atomic E-state index is 11.8. The lowest BCUT2D eigenvalue weighted by Crippen LogP contribution is -2.35. The van der Waals surface area contributed by atoms with Gasteiger partial charge < -0.3 is 14.7 Å². The van der Waals surface area contributed by atoms with Crippen LogP contribution in [0.25, 0.3) is 0 Å². The van der Waals surface area contributed by atoms with Gasteiger partial charge in [0.2, 0.25) is 0 Å². The Morgan fingerprint density at radius 1 is 1.50 bits per heavy atom. The molecule has 18 heavy (non-hydrogen) atoms. The van der Waals surface area contributed by atoms with Gasteiger partial charge in [0.1, 0.15) is 5.75 Å². The molecule has 0 radical (unpaired) electrons. The average Bonchev–Trinajstić information content (AvgIpc) is 2.30. The van der Waals surface area contributed by atoms with E-state index in [1.165, 1.54) is 4.90 Å². The number of hydrogen-bond acceptors (Lipinski definition) is 3. The fourth-order valence-corrected chi connectivity index (χ4v) is 2.30. The summed E-state index contributed by atoms with van der Waals surface area (Å²) in [6.07, 6.45) is -0.579. The molecule has 1 atom stereocenters. The normalized spacial score (nSPS) is 12.1. The summed E-state index contributed by atoms with van der Waals surface area (Å²) in [6.45, 7) is 3.45. The van der Waals surface area contributed by atoms with E-state index in [1.807, 2.05) is 13.0 Å². The summed E-state index contributed by atoms with van der Waals surface area (Å²) in [5.74, 6) is 0.463. The number of aliphatic hydroxyl groups excluding tert-OH is 1. The number of aliphatic hydroxyl groups is 1. The zero-order chi connectivity index (χ0) is 13.9. The Bertz CT molecular complexity index is 446. The molecule has 100 valence electrons. The Hall–Kier alpha value is -1.07. The number of carbonyl (C=O) groups is 1. The smallest absolute Gasteiger partial charge is 0.262 e. The minimum atomic E-state index is -0.579. The van der Waals surface area contributed by atoms with Crippen LogP contribution in [0.15, 0.2) is 16.6 Å². The average molecular weight is 316 g/mol. The van der Waals surface area contributed by atoms with Crippen LogP contribution in [0.3, 0.4) is 0 Å². The van der Waals surface area contributed by atoms with Gasteiger partial charge in [-0.25, -0.2) is 0 Å². The molecule has 0 heterocycles. The summed E-state index contributed by atoms with van der Waals surface area (Å²) >= 11 is 3.36. The van der Waals surface area contributed by atoms with E-state index in [1.54, 1.807) is 27.1 Å². The molecule has 0 aliphatic heterocycles. The van der Waals surface area contributed by atoms with Gasteiger partial charge in [0, 0.05) is 24.1 Å². The van der Waals surface area contributed by atoms with Crippen LogP contribution in [0.4, 0.5) is 0 Å². The van der Waals surface area contributed by atoms with E-state index in [9.17, 15) is 9.90 Å². The van der Waals surface area contributed by atoms with Gasteiger partial charge in [0.25, 0.3) is 5.91 Å². The topological polar surface area (TPSA) is 49.8 Å². The standard InChI is InChI=1S/C13H18BrNO3/c1-8-5-11(14)6-10(7-16)12(8)18-9(2)13(17)15(3)4/h5-6,9,16H,7H2,1-4H3. The Morgan fingerprint density at radius 3 is 2.61 bits per heavy atom. The SMILES string of the molecule is Cc1cc(Br)cc(CO)c1OC(C)C(=O)N(C)C. The minimum absolute atomic E-state index is 0.110. The first-order valence-electron chi connectivity index (χ1n) is 5.64. The monoisotopic (exact) mass is 315 g/mol. The molecule has 1 rings (SSSR count). The quantitative estimate of drug-likeness (QED) is 0.925. The molecule has 1 amide bonds. The van der Waals surface area contributed by atoms with Gasteiger partial charge in [-0.3, -0.25) is 4.79 Å². The molecule has 0 spiro atoms. The zero-order valence-corrected chi connectivity index (χ0v) is 12.6. The van der Waals surface area contributed by atoms with Gasteiger partial charge >= 0.3 is 0 Å². The molecule has 0 saturated carbocycles. The van der Waals surface area contributed by atoms with Crippen molar-refractivity contribution in [2.75, 3.05) is 14.1 Å². The summed E-state index contributed by atoms with van der Waals surface area (Å²) in [5, 5.41) is 9.33. The maximum Gasteiger partial charge on any atom is 0.262 e. The zero-order valence-electron chi connectivity index (χ0n) is 11.0. The number of carbonyl (C=O) groups excluding carboxylic acids is 1. The highest BCUT2D eigenvalue weighted by atomic mass is 79.9. The molecule has 4 nitrogen and oxygen atoms in total. The molecule has 1 unspecified atom stereocenters. The number of amides is 1. The summed E-state index contributed by atoms with van der Waals surface area (Å²) in [5.41, 5.74) is 1.55. The lowest BCUT2D eigenvalue weighted by molar-refractivity contribution is -0.135. The molecule has 0 fully saturated rings. The number of halogens is 1. The molecule has 1 N–H and O–H groups in total. The van der Waals surface area contributed by atoms with Crippen molar-refractivity contribution < 1.29 is 14.6 Å². The van der Waals surface area contributed by atoms with E-state index in [-0.39, 0.29) is 12.5 Å². The maximum atomic E-state index is 11.8. The fraction of sp³-hybridized carbons (Fsp3) is 0.462. The molecular formula is C13H18BrNO3. The van der Waals surface area contributed by atoms with Crippen LogP contribution in [-0.4, -0.2) is 36.1 Å². The van der Waals surface area contributed by atoms with Crippen LogP contribution in [0.5, 0.6) is 5.75 Å². The molecule has 1 aromatic carbocycles. The van der Waals surface area contributed by atoms with Crippen molar-refractivity contribution in [3.8, 4) is 5.75 Å². The Balaban J connectivity index is 3.00. The number of hydrogen-bond donors (Lipinski definition) is 1. The minimum Gasteiger partial charge on any atom is -0.480 e. The van der Waals surface area contributed by atoms with Crippen molar-refractivity contribution in [2.24, 2.45) is 0 Å². The van der Waals surface area contributed by atoms with Gasteiger partial charge in [-0.05, 0) is 31.5 Å². The van der Waals surface area contributed by atoms with E-state index in [2.05, 4.69) is 15.9 Å². The second kappa shape index (κ2) is 6.20. The Labute approximate surface area is 116 Å². The highest BCUT2D eigenvalue weighted by Gasteiger charge is 2.19. The van der Waals surface area contributed by atoms with E-state index in [0.29, 0.717) is 11.3 Å². The Morgan fingerprint density at radius 2 is 2.11 bits per heavy atom. The predicted octanol–water partition coefficient (Wildman–Crippen LogP) is 2.11. The van der Waals surface area contributed by atoms with Crippen LogP contribution in [0, 0.1) is 6.92 Å². The molecule has 5 heteroatoms. The predicted molar refractivity (Wildman–Crippen MR) is 73.6 cm³/mol. The largest absolute Gasteiger partial charge is 0.480 e. The number of benzene rings is 1. The molecule has 0 saturated heterocycles. The summed E-state index contributed by atoms with van der Waals surface area (Å²) in [4.78, 5) is 13.2. The number of ether oxygens (including phenoxy) is 1. The van der Waals surface area contributed by atoms with Crippen molar-refractivity contribution in [1.29, 1.82) is 0 Å². The lowest BCUT2D eigenvalue weighted by atomic mass is 10.1. The van der Waals surface area contributed by atoms with Crippen molar-refractivity contribution in [2.45, 2.75) is 26.6 Å². The first-order valence-corrected chi connectivity index (χ1v) is 6.43. The van der Waals surface area contributed by atoms with Gasteiger partial charge in [-0.15, -0.1) is 0 Å². The van der Waals surface area contributed by atoms with E-state index < -0.39 is 6.10 Å². The van der Waals surface area contributed by atoms with Gasteiger partial charge in [-0.1, -0.05) is 15.9 Å². The van der Waals surface area contributed by atoms with Crippen molar-refractivity contribution in [3.63, 3.8) is 0 Å². The molecule has 1 aromatic rings. The highest BCUT2D eigenvalue weighted by molar-refractivity contribution is 9.10. The van der Waals surface area contributed by atoms with Crippen molar-refractivity contribution >= 4 is 21.8 Å².